The van der Waals surface area contributed by atoms with Crippen molar-refractivity contribution in [3.05, 3.63) is 47.0 Å². The van der Waals surface area contributed by atoms with Gasteiger partial charge in [-0.25, -0.2) is 9.07 Å². The number of aliphatic hydroxyl groups is 1. The van der Waals surface area contributed by atoms with Crippen molar-refractivity contribution >= 4 is 0 Å². The first-order chi connectivity index (χ1) is 8.91. The maximum atomic E-state index is 13.2. The van der Waals surface area contributed by atoms with Crippen molar-refractivity contribution in [1.82, 2.24) is 15.0 Å². The third-order valence-corrected chi connectivity index (χ3v) is 2.89. The minimum atomic E-state index is -0.266. The van der Waals surface area contributed by atoms with Crippen molar-refractivity contribution in [1.29, 1.82) is 0 Å². The summed E-state index contributed by atoms with van der Waals surface area (Å²) in [4.78, 5) is 0. The normalized spacial score (nSPS) is 11.8. The standard InChI is InChI=1S/C14H18FN3O/c1-14(2,3)13-12(9-19)16-17-18(13)8-10-5-4-6-11(15)7-10/h4-7,19H,8-9H2,1-3H3. The summed E-state index contributed by atoms with van der Waals surface area (Å²) < 4.78 is 14.9. The molecule has 0 aliphatic carbocycles. The van der Waals surface area contributed by atoms with Crippen LogP contribution in [0.3, 0.4) is 0 Å². The predicted octanol–water partition coefficient (Wildman–Crippen LogP) is 2.26. The van der Waals surface area contributed by atoms with Crippen LogP contribution in [0.25, 0.3) is 0 Å². The lowest BCUT2D eigenvalue weighted by atomic mass is 9.90. The number of benzene rings is 1. The fourth-order valence-corrected chi connectivity index (χ4v) is 2.19. The fraction of sp³-hybridized carbons (Fsp3) is 0.429. The molecule has 4 nitrogen and oxygen atoms in total. The summed E-state index contributed by atoms with van der Waals surface area (Å²) in [7, 11) is 0. The van der Waals surface area contributed by atoms with Gasteiger partial charge in [-0.2, -0.15) is 0 Å². The van der Waals surface area contributed by atoms with E-state index in [2.05, 4.69) is 10.3 Å². The summed E-state index contributed by atoms with van der Waals surface area (Å²) in [5.74, 6) is -0.266. The highest BCUT2D eigenvalue weighted by molar-refractivity contribution is 5.22. The molecule has 1 aromatic carbocycles. The lowest BCUT2D eigenvalue weighted by Crippen LogP contribution is -2.21. The Hall–Kier alpha value is -1.75. The molecule has 0 atom stereocenters. The lowest BCUT2D eigenvalue weighted by Gasteiger charge is -2.21. The SMILES string of the molecule is CC(C)(C)c1c(CO)nnn1Cc1cccc(F)c1. The van der Waals surface area contributed by atoms with Gasteiger partial charge in [0.25, 0.3) is 0 Å². The average Bonchev–Trinajstić information content (AvgIpc) is 2.71. The number of hydrogen-bond acceptors (Lipinski definition) is 3. The third kappa shape index (κ3) is 2.98. The van der Waals surface area contributed by atoms with E-state index in [4.69, 9.17) is 0 Å². The minimum Gasteiger partial charge on any atom is -0.390 e. The van der Waals surface area contributed by atoms with Crippen LogP contribution in [0.2, 0.25) is 0 Å². The Morgan fingerprint density at radius 3 is 2.63 bits per heavy atom. The van der Waals surface area contributed by atoms with Crippen LogP contribution in [-0.4, -0.2) is 20.1 Å². The molecule has 2 rings (SSSR count). The molecule has 0 spiro atoms. The van der Waals surface area contributed by atoms with E-state index in [-0.39, 0.29) is 17.8 Å². The summed E-state index contributed by atoms with van der Waals surface area (Å²) in [6, 6.07) is 6.41. The Bertz CT molecular complexity index is 572. The Morgan fingerprint density at radius 1 is 1.32 bits per heavy atom. The van der Waals surface area contributed by atoms with Crippen LogP contribution in [0, 0.1) is 5.82 Å². The molecule has 0 amide bonds. The van der Waals surface area contributed by atoms with Gasteiger partial charge in [-0.05, 0) is 17.7 Å². The van der Waals surface area contributed by atoms with Crippen molar-refractivity contribution in [2.24, 2.45) is 0 Å². The van der Waals surface area contributed by atoms with Crippen molar-refractivity contribution in [3.63, 3.8) is 0 Å². The molecular formula is C14H18FN3O. The molecule has 0 saturated carbocycles. The zero-order chi connectivity index (χ0) is 14.0. The molecule has 0 unspecified atom stereocenters. The maximum absolute atomic E-state index is 13.2. The van der Waals surface area contributed by atoms with E-state index in [1.165, 1.54) is 12.1 Å². The quantitative estimate of drug-likeness (QED) is 0.924. The van der Waals surface area contributed by atoms with Gasteiger partial charge < -0.3 is 5.11 Å². The number of nitrogens with zero attached hydrogens (tertiary/aromatic N) is 3. The summed E-state index contributed by atoms with van der Waals surface area (Å²) in [5, 5.41) is 17.4. The second kappa shape index (κ2) is 5.09. The fourth-order valence-electron chi connectivity index (χ4n) is 2.19. The number of rotatable bonds is 3. The second-order valence-corrected chi connectivity index (χ2v) is 5.58. The largest absolute Gasteiger partial charge is 0.390 e. The molecule has 102 valence electrons. The zero-order valence-electron chi connectivity index (χ0n) is 11.4. The summed E-state index contributed by atoms with van der Waals surface area (Å²) in [6.45, 7) is 6.40. The first-order valence-electron chi connectivity index (χ1n) is 6.20. The predicted molar refractivity (Wildman–Crippen MR) is 70.1 cm³/mol. The third-order valence-electron chi connectivity index (χ3n) is 2.89. The summed E-state index contributed by atoms with van der Waals surface area (Å²) in [6.07, 6.45) is 0. The van der Waals surface area contributed by atoms with Crippen LogP contribution >= 0.6 is 0 Å². The van der Waals surface area contributed by atoms with E-state index < -0.39 is 0 Å². The molecule has 0 fully saturated rings. The van der Waals surface area contributed by atoms with E-state index in [0.29, 0.717) is 12.2 Å². The Kier molecular flexibility index (Phi) is 3.66. The molecule has 0 aliphatic rings. The van der Waals surface area contributed by atoms with Crippen molar-refractivity contribution in [2.75, 3.05) is 0 Å². The Morgan fingerprint density at radius 2 is 2.05 bits per heavy atom. The van der Waals surface area contributed by atoms with Gasteiger partial charge in [0.2, 0.25) is 0 Å². The van der Waals surface area contributed by atoms with Gasteiger partial charge in [0.15, 0.2) is 0 Å². The number of hydrogen-bond donors (Lipinski definition) is 1. The smallest absolute Gasteiger partial charge is 0.123 e. The molecular weight excluding hydrogens is 245 g/mol. The maximum Gasteiger partial charge on any atom is 0.123 e. The van der Waals surface area contributed by atoms with Gasteiger partial charge in [0.05, 0.1) is 18.8 Å². The van der Waals surface area contributed by atoms with E-state index >= 15 is 0 Å². The molecule has 5 heteroatoms. The van der Waals surface area contributed by atoms with E-state index in [1.807, 2.05) is 26.8 Å². The molecule has 0 bridgehead atoms. The highest BCUT2D eigenvalue weighted by atomic mass is 19.1. The van der Waals surface area contributed by atoms with Gasteiger partial charge in [0.1, 0.15) is 11.5 Å². The minimum absolute atomic E-state index is 0.143. The van der Waals surface area contributed by atoms with Crippen molar-refractivity contribution < 1.29 is 9.50 Å². The number of aliphatic hydroxyl groups excluding tert-OH is 1. The van der Waals surface area contributed by atoms with Crippen LogP contribution in [-0.2, 0) is 18.6 Å². The number of halogens is 1. The van der Waals surface area contributed by atoms with Crippen LogP contribution in [0.5, 0.6) is 0 Å². The first-order valence-corrected chi connectivity index (χ1v) is 6.20. The molecule has 2 aromatic rings. The highest BCUT2D eigenvalue weighted by Gasteiger charge is 2.24. The number of aromatic nitrogens is 3. The van der Waals surface area contributed by atoms with Gasteiger partial charge in [0, 0.05) is 5.41 Å². The topological polar surface area (TPSA) is 50.9 Å². The Labute approximate surface area is 111 Å². The van der Waals surface area contributed by atoms with E-state index in [9.17, 15) is 9.50 Å². The zero-order valence-corrected chi connectivity index (χ0v) is 11.4. The average molecular weight is 263 g/mol. The van der Waals surface area contributed by atoms with Crippen LogP contribution in [0.4, 0.5) is 4.39 Å². The first kappa shape index (κ1) is 13.7. The molecule has 0 aliphatic heterocycles. The van der Waals surface area contributed by atoms with Gasteiger partial charge in [-0.1, -0.05) is 38.1 Å². The molecule has 0 saturated heterocycles. The highest BCUT2D eigenvalue weighted by Crippen LogP contribution is 2.25. The van der Waals surface area contributed by atoms with Gasteiger partial charge >= 0.3 is 0 Å². The van der Waals surface area contributed by atoms with Gasteiger partial charge in [-0.3, -0.25) is 0 Å². The second-order valence-electron chi connectivity index (χ2n) is 5.58. The van der Waals surface area contributed by atoms with E-state index in [1.54, 1.807) is 10.7 Å². The molecule has 19 heavy (non-hydrogen) atoms. The summed E-state index contributed by atoms with van der Waals surface area (Å²) in [5.41, 5.74) is 2.08. The van der Waals surface area contributed by atoms with Crippen LogP contribution in [0.15, 0.2) is 24.3 Å². The molecule has 0 radical (unpaired) electrons. The van der Waals surface area contributed by atoms with E-state index in [0.717, 1.165) is 11.3 Å². The van der Waals surface area contributed by atoms with Gasteiger partial charge in [-0.15, -0.1) is 5.10 Å². The van der Waals surface area contributed by atoms with Crippen molar-refractivity contribution in [2.45, 2.75) is 39.3 Å². The van der Waals surface area contributed by atoms with Crippen LogP contribution in [0.1, 0.15) is 37.7 Å². The lowest BCUT2D eigenvalue weighted by molar-refractivity contribution is 0.273. The van der Waals surface area contributed by atoms with Crippen LogP contribution < -0.4 is 0 Å². The Balaban J connectivity index is 2.38. The molecule has 1 heterocycles. The summed E-state index contributed by atoms with van der Waals surface area (Å²) >= 11 is 0. The molecule has 1 N–H and O–H groups in total. The monoisotopic (exact) mass is 263 g/mol. The molecule has 1 aromatic heterocycles. The van der Waals surface area contributed by atoms with Crippen molar-refractivity contribution in [3.8, 4) is 0 Å².